The summed E-state index contributed by atoms with van der Waals surface area (Å²) in [5.74, 6) is 1.29. The number of rotatable bonds is 8. The van der Waals surface area contributed by atoms with Gasteiger partial charge in [-0.05, 0) is 55.2 Å². The Morgan fingerprint density at radius 1 is 1.16 bits per heavy atom. The van der Waals surface area contributed by atoms with Crippen LogP contribution in [0, 0.1) is 0 Å². The second-order valence-corrected chi connectivity index (χ2v) is 5.75. The fourth-order valence-electron chi connectivity index (χ4n) is 2.14. The molecule has 0 unspecified atom stereocenters. The van der Waals surface area contributed by atoms with Crippen LogP contribution >= 0.6 is 11.8 Å². The van der Waals surface area contributed by atoms with Gasteiger partial charge in [0.1, 0.15) is 0 Å². The molecule has 1 N–H and O–H groups in total. The van der Waals surface area contributed by atoms with Gasteiger partial charge in [-0.15, -0.1) is 0 Å². The summed E-state index contributed by atoms with van der Waals surface area (Å²) in [5, 5.41) is 4.74. The molecule has 3 heteroatoms. The maximum Gasteiger partial charge on any atom is 0.0702 e. The number of hydrogen-bond acceptors (Lipinski definition) is 3. The number of thioether (sulfide) groups is 1. The van der Waals surface area contributed by atoms with Gasteiger partial charge in [-0.25, -0.2) is 0 Å². The fourth-order valence-corrected chi connectivity index (χ4v) is 2.63. The Labute approximate surface area is 120 Å². The maximum absolute atomic E-state index is 4.34. The van der Waals surface area contributed by atoms with Crippen molar-refractivity contribution in [2.24, 2.45) is 0 Å². The molecule has 0 saturated heterocycles. The van der Waals surface area contributed by atoms with E-state index in [0.717, 1.165) is 18.6 Å². The molecule has 0 amide bonds. The Bertz CT molecular complexity index is 499. The largest absolute Gasteiger partial charge is 0.313 e. The molecule has 0 fully saturated rings. The van der Waals surface area contributed by atoms with E-state index in [1.165, 1.54) is 36.0 Å². The molecule has 0 aliphatic carbocycles. The van der Waals surface area contributed by atoms with Crippen molar-refractivity contribution in [3.8, 4) is 0 Å². The second kappa shape index (κ2) is 8.18. The molecular formula is C16H22N2S. The summed E-state index contributed by atoms with van der Waals surface area (Å²) < 4.78 is 0. The van der Waals surface area contributed by atoms with Crippen LogP contribution in [0.2, 0.25) is 0 Å². The van der Waals surface area contributed by atoms with Gasteiger partial charge in [0.15, 0.2) is 0 Å². The molecule has 1 aromatic carbocycles. The van der Waals surface area contributed by atoms with Crippen LogP contribution in [-0.2, 0) is 6.54 Å². The van der Waals surface area contributed by atoms with E-state index in [9.17, 15) is 0 Å². The Kier molecular flexibility index (Phi) is 6.18. The van der Waals surface area contributed by atoms with E-state index in [-0.39, 0.29) is 0 Å². The van der Waals surface area contributed by atoms with Gasteiger partial charge in [0.25, 0.3) is 0 Å². The van der Waals surface area contributed by atoms with E-state index in [1.807, 2.05) is 24.0 Å². The normalized spacial score (nSPS) is 11.0. The van der Waals surface area contributed by atoms with E-state index < -0.39 is 0 Å². The smallest absolute Gasteiger partial charge is 0.0702 e. The van der Waals surface area contributed by atoms with E-state index in [4.69, 9.17) is 0 Å². The summed E-state index contributed by atoms with van der Waals surface area (Å²) in [6, 6.07) is 10.6. The highest BCUT2D eigenvalue weighted by atomic mass is 32.2. The Morgan fingerprint density at radius 2 is 2.11 bits per heavy atom. The predicted molar refractivity (Wildman–Crippen MR) is 85.7 cm³/mol. The molecule has 0 saturated carbocycles. The highest BCUT2D eigenvalue weighted by Crippen LogP contribution is 2.13. The van der Waals surface area contributed by atoms with Crippen LogP contribution in [0.5, 0.6) is 0 Å². The van der Waals surface area contributed by atoms with Gasteiger partial charge in [0.05, 0.1) is 5.52 Å². The molecule has 0 radical (unpaired) electrons. The van der Waals surface area contributed by atoms with Crippen molar-refractivity contribution < 1.29 is 0 Å². The van der Waals surface area contributed by atoms with Gasteiger partial charge in [-0.2, -0.15) is 11.8 Å². The lowest BCUT2D eigenvalue weighted by Crippen LogP contribution is -2.14. The van der Waals surface area contributed by atoms with Gasteiger partial charge < -0.3 is 5.32 Å². The standard InChI is InChI=1S/C16H22N2S/c1-19-11-4-2-3-9-17-13-14-7-8-16-15(12-14)6-5-10-18-16/h5-8,10,12,17H,2-4,9,11,13H2,1H3. The first-order valence-electron chi connectivity index (χ1n) is 6.93. The molecule has 0 atom stereocenters. The molecule has 0 aliphatic heterocycles. The number of benzene rings is 1. The Hall–Kier alpha value is -1.06. The van der Waals surface area contributed by atoms with Crippen molar-refractivity contribution in [2.75, 3.05) is 18.6 Å². The monoisotopic (exact) mass is 274 g/mol. The van der Waals surface area contributed by atoms with Crippen molar-refractivity contribution in [1.82, 2.24) is 10.3 Å². The lowest BCUT2D eigenvalue weighted by Gasteiger charge is -2.06. The molecule has 2 aromatic rings. The zero-order valence-corrected chi connectivity index (χ0v) is 12.4. The third-order valence-electron chi connectivity index (χ3n) is 3.20. The van der Waals surface area contributed by atoms with Crippen LogP contribution < -0.4 is 5.32 Å². The van der Waals surface area contributed by atoms with Crippen LogP contribution in [0.4, 0.5) is 0 Å². The van der Waals surface area contributed by atoms with Crippen LogP contribution in [0.25, 0.3) is 10.9 Å². The Balaban J connectivity index is 1.72. The van der Waals surface area contributed by atoms with Crippen molar-refractivity contribution in [3.05, 3.63) is 42.1 Å². The topological polar surface area (TPSA) is 24.9 Å². The van der Waals surface area contributed by atoms with Gasteiger partial charge in [0, 0.05) is 18.1 Å². The predicted octanol–water partition coefficient (Wildman–Crippen LogP) is 3.86. The minimum Gasteiger partial charge on any atom is -0.313 e. The number of hydrogen-bond donors (Lipinski definition) is 1. The van der Waals surface area contributed by atoms with Crippen LogP contribution in [0.15, 0.2) is 36.5 Å². The zero-order valence-electron chi connectivity index (χ0n) is 11.6. The molecule has 2 rings (SSSR count). The highest BCUT2D eigenvalue weighted by Gasteiger charge is 1.97. The molecule has 2 nitrogen and oxygen atoms in total. The van der Waals surface area contributed by atoms with E-state index in [0.29, 0.717) is 0 Å². The number of nitrogens with one attached hydrogen (secondary N) is 1. The van der Waals surface area contributed by atoms with Crippen molar-refractivity contribution in [3.63, 3.8) is 0 Å². The highest BCUT2D eigenvalue weighted by molar-refractivity contribution is 7.98. The number of pyridine rings is 1. The summed E-state index contributed by atoms with van der Waals surface area (Å²) in [5.41, 5.74) is 2.41. The van der Waals surface area contributed by atoms with Gasteiger partial charge in [0.2, 0.25) is 0 Å². The van der Waals surface area contributed by atoms with Crippen molar-refractivity contribution >= 4 is 22.7 Å². The summed E-state index contributed by atoms with van der Waals surface area (Å²) in [6.07, 6.45) is 7.96. The molecular weight excluding hydrogens is 252 g/mol. The number of aromatic nitrogens is 1. The summed E-state index contributed by atoms with van der Waals surface area (Å²) in [6.45, 7) is 2.06. The molecule has 19 heavy (non-hydrogen) atoms. The zero-order chi connectivity index (χ0) is 13.3. The SMILES string of the molecule is CSCCCCCNCc1ccc2ncccc2c1. The number of unbranched alkanes of at least 4 members (excludes halogenated alkanes) is 2. The first-order valence-corrected chi connectivity index (χ1v) is 8.33. The molecule has 102 valence electrons. The number of fused-ring (bicyclic) bond motifs is 1. The van der Waals surface area contributed by atoms with Gasteiger partial charge in [-0.1, -0.05) is 18.6 Å². The lowest BCUT2D eigenvalue weighted by atomic mass is 10.1. The van der Waals surface area contributed by atoms with Gasteiger partial charge >= 0.3 is 0 Å². The minimum atomic E-state index is 0.952. The third kappa shape index (κ3) is 4.84. The molecule has 0 spiro atoms. The third-order valence-corrected chi connectivity index (χ3v) is 3.90. The van der Waals surface area contributed by atoms with Crippen molar-refractivity contribution in [1.29, 1.82) is 0 Å². The second-order valence-electron chi connectivity index (χ2n) is 4.76. The first-order chi connectivity index (χ1) is 9.40. The first kappa shape index (κ1) is 14.4. The van der Waals surface area contributed by atoms with Crippen LogP contribution in [0.3, 0.4) is 0 Å². The van der Waals surface area contributed by atoms with Crippen LogP contribution in [0.1, 0.15) is 24.8 Å². The van der Waals surface area contributed by atoms with E-state index in [2.05, 4.69) is 40.8 Å². The van der Waals surface area contributed by atoms with Gasteiger partial charge in [-0.3, -0.25) is 4.98 Å². The Morgan fingerprint density at radius 3 is 3.00 bits per heavy atom. The average molecular weight is 274 g/mol. The minimum absolute atomic E-state index is 0.952. The van der Waals surface area contributed by atoms with E-state index >= 15 is 0 Å². The molecule has 0 bridgehead atoms. The summed E-state index contributed by atoms with van der Waals surface area (Å²) in [7, 11) is 0. The average Bonchev–Trinajstić information content (AvgIpc) is 2.46. The molecule has 1 heterocycles. The van der Waals surface area contributed by atoms with E-state index in [1.54, 1.807) is 0 Å². The molecule has 0 aliphatic rings. The summed E-state index contributed by atoms with van der Waals surface area (Å²) in [4.78, 5) is 4.34. The fraction of sp³-hybridized carbons (Fsp3) is 0.438. The number of nitrogens with zero attached hydrogens (tertiary/aromatic N) is 1. The van der Waals surface area contributed by atoms with Crippen LogP contribution in [-0.4, -0.2) is 23.5 Å². The maximum atomic E-state index is 4.34. The lowest BCUT2D eigenvalue weighted by molar-refractivity contribution is 0.619. The van der Waals surface area contributed by atoms with Crippen molar-refractivity contribution in [2.45, 2.75) is 25.8 Å². The quantitative estimate of drug-likeness (QED) is 0.740. The molecule has 1 aromatic heterocycles. The summed E-state index contributed by atoms with van der Waals surface area (Å²) >= 11 is 1.94.